The quantitative estimate of drug-likeness (QED) is 0.703. The first-order chi connectivity index (χ1) is 11.1. The third-order valence-electron chi connectivity index (χ3n) is 4.02. The number of carbonyl (C=O) groups is 2. The molecule has 3 amide bonds. The van der Waals surface area contributed by atoms with Crippen molar-refractivity contribution in [2.75, 3.05) is 26.8 Å². The number of rotatable bonds is 5. The van der Waals surface area contributed by atoms with Gasteiger partial charge in [0.05, 0.1) is 23.9 Å². The van der Waals surface area contributed by atoms with E-state index in [2.05, 4.69) is 10.6 Å². The number of nitrogens with one attached hydrogen (secondary N) is 2. The Morgan fingerprint density at radius 3 is 2.74 bits per heavy atom. The maximum Gasteiger partial charge on any atom is 0.319 e. The minimum atomic E-state index is -0.501. The van der Waals surface area contributed by atoms with Gasteiger partial charge in [-0.1, -0.05) is 12.1 Å². The van der Waals surface area contributed by atoms with Crippen molar-refractivity contribution in [1.29, 1.82) is 0 Å². The molecule has 1 atom stereocenters. The molecule has 122 valence electrons. The van der Waals surface area contributed by atoms with E-state index >= 15 is 0 Å². The average Bonchev–Trinajstić information content (AvgIpc) is 2.84. The van der Waals surface area contributed by atoms with Crippen LogP contribution in [0.1, 0.15) is 18.0 Å². The van der Waals surface area contributed by atoms with Crippen LogP contribution >= 0.6 is 0 Å². The third kappa shape index (κ3) is 3.00. The largest absolute Gasteiger partial charge is 0.508 e. The molecule has 0 saturated carbocycles. The zero-order valence-corrected chi connectivity index (χ0v) is 12.8. The number of hydrogen-bond donors (Lipinski definition) is 3. The van der Waals surface area contributed by atoms with Crippen molar-refractivity contribution in [2.45, 2.75) is 12.5 Å². The van der Waals surface area contributed by atoms with E-state index in [1.54, 1.807) is 36.3 Å². The lowest BCUT2D eigenvalue weighted by Gasteiger charge is -2.25. The zero-order chi connectivity index (χ0) is 16.4. The van der Waals surface area contributed by atoms with Crippen LogP contribution in [0.15, 0.2) is 35.5 Å². The van der Waals surface area contributed by atoms with Gasteiger partial charge < -0.3 is 25.4 Å². The molecule has 3 N–H and O–H groups in total. The molecule has 0 saturated heterocycles. The molecule has 23 heavy (non-hydrogen) atoms. The SMILES string of the molecule is COCCCN1CC2=C(C1=O)[C@H](c1ccc(O)cc1)NC(=O)N2. The molecule has 0 bridgehead atoms. The Labute approximate surface area is 133 Å². The Bertz CT molecular complexity index is 654. The normalized spacial score (nSPS) is 20.4. The van der Waals surface area contributed by atoms with Gasteiger partial charge in [-0.05, 0) is 24.1 Å². The molecular formula is C16H19N3O4. The Kier molecular flexibility index (Phi) is 4.20. The summed E-state index contributed by atoms with van der Waals surface area (Å²) in [5.74, 6) is 0.0591. The first-order valence-corrected chi connectivity index (χ1v) is 7.48. The molecule has 7 heteroatoms. The van der Waals surface area contributed by atoms with Crippen molar-refractivity contribution >= 4 is 11.9 Å². The van der Waals surface area contributed by atoms with Crippen LogP contribution in [-0.2, 0) is 9.53 Å². The molecule has 0 radical (unpaired) electrons. The van der Waals surface area contributed by atoms with E-state index in [4.69, 9.17) is 4.74 Å². The molecule has 0 fully saturated rings. The number of ether oxygens (including phenoxy) is 1. The molecule has 3 rings (SSSR count). The van der Waals surface area contributed by atoms with Crippen LogP contribution in [0.3, 0.4) is 0 Å². The van der Waals surface area contributed by atoms with Crippen LogP contribution in [0.4, 0.5) is 4.79 Å². The molecule has 0 unspecified atom stereocenters. The summed E-state index contributed by atoms with van der Waals surface area (Å²) >= 11 is 0. The van der Waals surface area contributed by atoms with E-state index in [1.165, 1.54) is 0 Å². The predicted octanol–water partition coefficient (Wildman–Crippen LogP) is 0.879. The topological polar surface area (TPSA) is 90.9 Å². The highest BCUT2D eigenvalue weighted by Crippen LogP contribution is 2.33. The highest BCUT2D eigenvalue weighted by molar-refractivity contribution is 6.01. The number of carbonyl (C=O) groups excluding carboxylic acids is 2. The van der Waals surface area contributed by atoms with Gasteiger partial charge in [-0.3, -0.25) is 4.79 Å². The van der Waals surface area contributed by atoms with Crippen LogP contribution in [0.25, 0.3) is 0 Å². The second-order valence-electron chi connectivity index (χ2n) is 5.59. The summed E-state index contributed by atoms with van der Waals surface area (Å²) in [7, 11) is 1.63. The second-order valence-corrected chi connectivity index (χ2v) is 5.59. The summed E-state index contributed by atoms with van der Waals surface area (Å²) in [6, 6.07) is 5.67. The predicted molar refractivity (Wildman–Crippen MR) is 82.6 cm³/mol. The van der Waals surface area contributed by atoms with Gasteiger partial charge in [-0.25, -0.2) is 4.79 Å². The standard InChI is InChI=1S/C16H19N3O4/c1-23-8-2-7-19-9-12-13(15(19)21)14(18-16(22)17-12)10-3-5-11(20)6-4-10/h3-6,14,20H,2,7-9H2,1H3,(H2,17,18,22)/t14-/m0/s1. The molecule has 0 spiro atoms. The van der Waals surface area contributed by atoms with Gasteiger partial charge in [-0.15, -0.1) is 0 Å². The van der Waals surface area contributed by atoms with E-state index in [9.17, 15) is 14.7 Å². The number of phenols is 1. The monoisotopic (exact) mass is 317 g/mol. The van der Waals surface area contributed by atoms with Gasteiger partial charge in [0.2, 0.25) is 0 Å². The smallest absolute Gasteiger partial charge is 0.319 e. The highest BCUT2D eigenvalue weighted by atomic mass is 16.5. The van der Waals surface area contributed by atoms with Gasteiger partial charge in [0, 0.05) is 20.3 Å². The molecule has 2 aliphatic heterocycles. The number of aromatic hydroxyl groups is 1. The third-order valence-corrected chi connectivity index (χ3v) is 4.02. The van der Waals surface area contributed by atoms with Crippen molar-refractivity contribution < 1.29 is 19.4 Å². The van der Waals surface area contributed by atoms with Gasteiger partial charge in [0.15, 0.2) is 0 Å². The number of hydrogen-bond acceptors (Lipinski definition) is 4. The second kappa shape index (κ2) is 6.29. The van der Waals surface area contributed by atoms with Crippen LogP contribution in [-0.4, -0.2) is 48.8 Å². The van der Waals surface area contributed by atoms with Crippen LogP contribution in [0.2, 0.25) is 0 Å². The molecule has 1 aromatic carbocycles. The van der Waals surface area contributed by atoms with Crippen molar-refractivity contribution in [2.24, 2.45) is 0 Å². The highest BCUT2D eigenvalue weighted by Gasteiger charge is 2.39. The number of nitrogens with zero attached hydrogens (tertiary/aromatic N) is 1. The summed E-state index contributed by atoms with van der Waals surface area (Å²) < 4.78 is 5.02. The van der Waals surface area contributed by atoms with Crippen LogP contribution in [0.5, 0.6) is 5.75 Å². The molecule has 2 aliphatic rings. The molecule has 1 aromatic rings. The minimum Gasteiger partial charge on any atom is -0.508 e. The van der Waals surface area contributed by atoms with Gasteiger partial charge in [0.1, 0.15) is 5.75 Å². The molecule has 2 heterocycles. The van der Waals surface area contributed by atoms with Gasteiger partial charge >= 0.3 is 6.03 Å². The fourth-order valence-electron chi connectivity index (χ4n) is 2.93. The maximum atomic E-state index is 12.7. The lowest BCUT2D eigenvalue weighted by molar-refractivity contribution is -0.125. The van der Waals surface area contributed by atoms with Crippen molar-refractivity contribution in [1.82, 2.24) is 15.5 Å². The Morgan fingerprint density at radius 1 is 1.30 bits per heavy atom. The van der Waals surface area contributed by atoms with Crippen LogP contribution < -0.4 is 10.6 Å². The van der Waals surface area contributed by atoms with E-state index in [1.807, 2.05) is 0 Å². The maximum absolute atomic E-state index is 12.7. The van der Waals surface area contributed by atoms with E-state index in [-0.39, 0.29) is 17.7 Å². The average molecular weight is 317 g/mol. The molecule has 0 aliphatic carbocycles. The van der Waals surface area contributed by atoms with Crippen molar-refractivity contribution in [3.8, 4) is 5.75 Å². The van der Waals surface area contributed by atoms with Gasteiger partial charge in [0.25, 0.3) is 5.91 Å². The van der Waals surface area contributed by atoms with E-state index in [0.29, 0.717) is 31.0 Å². The number of amides is 3. The Morgan fingerprint density at radius 2 is 2.04 bits per heavy atom. The summed E-state index contributed by atoms with van der Waals surface area (Å²) in [5.41, 5.74) is 1.97. The summed E-state index contributed by atoms with van der Waals surface area (Å²) in [6.45, 7) is 1.57. The summed E-state index contributed by atoms with van der Waals surface area (Å²) in [6.07, 6.45) is 0.744. The Balaban J connectivity index is 1.84. The number of methoxy groups -OCH3 is 1. The zero-order valence-electron chi connectivity index (χ0n) is 12.8. The summed E-state index contributed by atoms with van der Waals surface area (Å²) in [4.78, 5) is 26.3. The number of phenolic OH excluding ortho intramolecular Hbond substituents is 1. The molecule has 0 aromatic heterocycles. The van der Waals surface area contributed by atoms with Crippen molar-refractivity contribution in [3.05, 3.63) is 41.1 Å². The fourth-order valence-corrected chi connectivity index (χ4v) is 2.93. The lowest BCUT2D eigenvalue weighted by atomic mass is 9.96. The minimum absolute atomic E-state index is 0.0818. The lowest BCUT2D eigenvalue weighted by Crippen LogP contribution is -2.44. The Hall–Kier alpha value is -2.54. The first-order valence-electron chi connectivity index (χ1n) is 7.48. The first kappa shape index (κ1) is 15.4. The number of urea groups is 1. The molecule has 7 nitrogen and oxygen atoms in total. The fraction of sp³-hybridized carbons (Fsp3) is 0.375. The molecular weight excluding hydrogens is 298 g/mol. The van der Waals surface area contributed by atoms with E-state index < -0.39 is 6.04 Å². The van der Waals surface area contributed by atoms with Crippen LogP contribution in [0, 0.1) is 0 Å². The number of benzene rings is 1. The van der Waals surface area contributed by atoms with Gasteiger partial charge in [-0.2, -0.15) is 0 Å². The summed E-state index contributed by atoms with van der Waals surface area (Å²) in [5, 5.41) is 14.9. The van der Waals surface area contributed by atoms with Crippen molar-refractivity contribution in [3.63, 3.8) is 0 Å². The van der Waals surface area contributed by atoms with E-state index in [0.717, 1.165) is 12.0 Å².